The fourth-order valence-electron chi connectivity index (χ4n) is 2.69. The van der Waals surface area contributed by atoms with Gasteiger partial charge in [0.15, 0.2) is 0 Å². The van der Waals surface area contributed by atoms with Gasteiger partial charge in [-0.25, -0.2) is 4.79 Å². The molecule has 0 radical (unpaired) electrons. The summed E-state index contributed by atoms with van der Waals surface area (Å²) >= 11 is 0. The Kier molecular flexibility index (Phi) is 2.94. The first-order chi connectivity index (χ1) is 6.81. The van der Waals surface area contributed by atoms with E-state index in [2.05, 4.69) is 5.32 Å². The number of hydrogen-bond donors (Lipinski definition) is 1. The topological polar surface area (TPSA) is 32.3 Å². The normalized spacial score (nSPS) is 29.4. The fourth-order valence-corrected chi connectivity index (χ4v) is 2.69. The quantitative estimate of drug-likeness (QED) is 0.719. The summed E-state index contributed by atoms with van der Waals surface area (Å²) in [6, 6.07) is 0.575. The third-order valence-electron chi connectivity index (χ3n) is 3.61. The van der Waals surface area contributed by atoms with Gasteiger partial charge < -0.3 is 10.2 Å². The van der Waals surface area contributed by atoms with Crippen molar-refractivity contribution in [3.63, 3.8) is 0 Å². The zero-order valence-electron chi connectivity index (χ0n) is 8.96. The van der Waals surface area contributed by atoms with Crippen LogP contribution < -0.4 is 5.32 Å². The first-order valence-electron chi connectivity index (χ1n) is 5.86. The van der Waals surface area contributed by atoms with E-state index >= 15 is 0 Å². The molecule has 0 aromatic rings. The van der Waals surface area contributed by atoms with Crippen LogP contribution in [0.3, 0.4) is 0 Å². The lowest BCUT2D eigenvalue weighted by Gasteiger charge is -2.26. The van der Waals surface area contributed by atoms with Crippen molar-refractivity contribution in [1.82, 2.24) is 10.2 Å². The summed E-state index contributed by atoms with van der Waals surface area (Å²) < 4.78 is 0. The van der Waals surface area contributed by atoms with Crippen LogP contribution in [0.5, 0.6) is 0 Å². The molecule has 80 valence electrons. The number of nitrogens with one attached hydrogen (secondary N) is 1. The molecule has 1 saturated heterocycles. The van der Waals surface area contributed by atoms with Gasteiger partial charge in [0.25, 0.3) is 0 Å². The molecule has 3 nitrogen and oxygen atoms in total. The van der Waals surface area contributed by atoms with Crippen LogP contribution in [-0.4, -0.2) is 30.1 Å². The van der Waals surface area contributed by atoms with Crippen LogP contribution in [0.4, 0.5) is 4.79 Å². The van der Waals surface area contributed by atoms with Gasteiger partial charge in [0.1, 0.15) is 0 Å². The first kappa shape index (κ1) is 9.81. The van der Waals surface area contributed by atoms with Crippen molar-refractivity contribution in [1.29, 1.82) is 0 Å². The highest BCUT2D eigenvalue weighted by molar-refractivity contribution is 5.76. The third-order valence-corrected chi connectivity index (χ3v) is 3.61. The molecular formula is C11H20N2O. The van der Waals surface area contributed by atoms with E-state index in [0.717, 1.165) is 19.0 Å². The summed E-state index contributed by atoms with van der Waals surface area (Å²) in [5.74, 6) is 0.740. The summed E-state index contributed by atoms with van der Waals surface area (Å²) in [5, 5.41) is 3.11. The van der Waals surface area contributed by atoms with Gasteiger partial charge in [-0.05, 0) is 25.7 Å². The molecule has 0 bridgehead atoms. The average molecular weight is 196 g/mol. The summed E-state index contributed by atoms with van der Waals surface area (Å²) in [7, 11) is 0. The Hall–Kier alpha value is -0.730. The number of urea groups is 1. The summed E-state index contributed by atoms with van der Waals surface area (Å²) in [5.41, 5.74) is 0. The zero-order valence-corrected chi connectivity index (χ0v) is 8.96. The largest absolute Gasteiger partial charge is 0.333 e. The molecule has 1 atom stereocenters. The van der Waals surface area contributed by atoms with Crippen LogP contribution in [-0.2, 0) is 0 Å². The van der Waals surface area contributed by atoms with E-state index in [1.54, 1.807) is 0 Å². The maximum Gasteiger partial charge on any atom is 0.317 e. The number of carbonyl (C=O) groups excluding carboxylic acids is 1. The molecule has 2 rings (SSSR count). The molecular weight excluding hydrogens is 176 g/mol. The van der Waals surface area contributed by atoms with Crippen LogP contribution >= 0.6 is 0 Å². The minimum atomic E-state index is 0.142. The highest BCUT2D eigenvalue weighted by Gasteiger charge is 2.33. The van der Waals surface area contributed by atoms with Crippen LogP contribution in [0.15, 0.2) is 0 Å². The van der Waals surface area contributed by atoms with Gasteiger partial charge >= 0.3 is 6.03 Å². The maximum absolute atomic E-state index is 11.5. The van der Waals surface area contributed by atoms with E-state index in [9.17, 15) is 4.79 Å². The van der Waals surface area contributed by atoms with Gasteiger partial charge in [-0.1, -0.05) is 19.3 Å². The van der Waals surface area contributed by atoms with Gasteiger partial charge in [0.05, 0.1) is 6.04 Å². The monoisotopic (exact) mass is 196 g/mol. The fraction of sp³-hybridized carbons (Fsp3) is 0.909. The van der Waals surface area contributed by atoms with Gasteiger partial charge in [0.2, 0.25) is 0 Å². The zero-order chi connectivity index (χ0) is 9.97. The average Bonchev–Trinajstić information content (AvgIpc) is 2.61. The molecule has 0 aromatic carbocycles. The van der Waals surface area contributed by atoms with E-state index in [1.165, 1.54) is 32.1 Å². The Morgan fingerprint density at radius 1 is 1.36 bits per heavy atom. The highest BCUT2D eigenvalue weighted by Crippen LogP contribution is 2.28. The molecule has 3 heteroatoms. The van der Waals surface area contributed by atoms with Crippen molar-refractivity contribution >= 4 is 6.03 Å². The van der Waals surface area contributed by atoms with Crippen LogP contribution in [0.25, 0.3) is 0 Å². The Bertz CT molecular complexity index is 211. The standard InChI is InChI=1S/C11H20N2O/c1-2-13-8-10(12-11(13)14)9-6-4-3-5-7-9/h9-10H,2-8H2,1H3,(H,12,14). The Labute approximate surface area is 85.8 Å². The minimum Gasteiger partial charge on any atom is -0.333 e. The molecule has 0 aromatic heterocycles. The molecule has 1 unspecified atom stereocenters. The van der Waals surface area contributed by atoms with Crippen LogP contribution in [0.1, 0.15) is 39.0 Å². The SMILES string of the molecule is CCN1CC(C2CCCCC2)NC1=O. The molecule has 2 aliphatic rings. The van der Waals surface area contributed by atoms with E-state index in [0.29, 0.717) is 6.04 Å². The van der Waals surface area contributed by atoms with Gasteiger partial charge in [0, 0.05) is 13.1 Å². The molecule has 0 spiro atoms. The molecule has 1 heterocycles. The molecule has 1 aliphatic heterocycles. The van der Waals surface area contributed by atoms with E-state index < -0.39 is 0 Å². The second kappa shape index (κ2) is 4.20. The molecule has 1 saturated carbocycles. The van der Waals surface area contributed by atoms with Crippen LogP contribution in [0, 0.1) is 5.92 Å². The van der Waals surface area contributed by atoms with Crippen molar-refractivity contribution < 1.29 is 4.79 Å². The lowest BCUT2D eigenvalue weighted by molar-refractivity contribution is 0.219. The number of nitrogens with zero attached hydrogens (tertiary/aromatic N) is 1. The lowest BCUT2D eigenvalue weighted by Crippen LogP contribution is -2.35. The molecule has 1 aliphatic carbocycles. The second-order valence-corrected chi connectivity index (χ2v) is 4.49. The third kappa shape index (κ3) is 1.86. The second-order valence-electron chi connectivity index (χ2n) is 4.49. The minimum absolute atomic E-state index is 0.142. The van der Waals surface area contributed by atoms with Crippen molar-refractivity contribution in [3.05, 3.63) is 0 Å². The van der Waals surface area contributed by atoms with E-state index in [-0.39, 0.29) is 6.03 Å². The number of hydrogen-bond acceptors (Lipinski definition) is 1. The summed E-state index contributed by atoms with van der Waals surface area (Å²) in [6.07, 6.45) is 6.70. The van der Waals surface area contributed by atoms with Crippen molar-refractivity contribution in [2.24, 2.45) is 5.92 Å². The Balaban J connectivity index is 1.90. The maximum atomic E-state index is 11.5. The Morgan fingerprint density at radius 2 is 2.07 bits per heavy atom. The van der Waals surface area contributed by atoms with Crippen LogP contribution in [0.2, 0.25) is 0 Å². The van der Waals surface area contributed by atoms with Gasteiger partial charge in [-0.2, -0.15) is 0 Å². The first-order valence-corrected chi connectivity index (χ1v) is 5.86. The van der Waals surface area contributed by atoms with Crippen molar-refractivity contribution in [3.8, 4) is 0 Å². The number of rotatable bonds is 2. The smallest absolute Gasteiger partial charge is 0.317 e. The highest BCUT2D eigenvalue weighted by atomic mass is 16.2. The van der Waals surface area contributed by atoms with Gasteiger partial charge in [-0.3, -0.25) is 0 Å². The number of amides is 2. The van der Waals surface area contributed by atoms with Gasteiger partial charge in [-0.15, -0.1) is 0 Å². The molecule has 1 N–H and O–H groups in total. The molecule has 14 heavy (non-hydrogen) atoms. The van der Waals surface area contributed by atoms with E-state index in [1.807, 2.05) is 11.8 Å². The summed E-state index contributed by atoms with van der Waals surface area (Å²) in [6.45, 7) is 3.82. The van der Waals surface area contributed by atoms with Crippen molar-refractivity contribution in [2.75, 3.05) is 13.1 Å². The van der Waals surface area contributed by atoms with Crippen molar-refractivity contribution in [2.45, 2.75) is 45.1 Å². The number of carbonyl (C=O) groups is 1. The lowest BCUT2D eigenvalue weighted by atomic mass is 9.84. The van der Waals surface area contributed by atoms with E-state index in [4.69, 9.17) is 0 Å². The summed E-state index contributed by atoms with van der Waals surface area (Å²) in [4.78, 5) is 13.4. The Morgan fingerprint density at radius 3 is 2.64 bits per heavy atom. The molecule has 2 fully saturated rings. The number of likely N-dealkylation sites (N-methyl/N-ethyl adjacent to an activating group) is 1. The predicted molar refractivity (Wildman–Crippen MR) is 56.1 cm³/mol. The predicted octanol–water partition coefficient (Wildman–Crippen LogP) is 1.98. The molecule has 2 amide bonds.